The molecule has 2 atom stereocenters. The van der Waals surface area contributed by atoms with E-state index in [-0.39, 0.29) is 29.7 Å². The number of nitrogens with zero attached hydrogens (tertiary/aromatic N) is 1. The predicted octanol–water partition coefficient (Wildman–Crippen LogP) is 6.56. The quantitative estimate of drug-likeness (QED) is 0.467. The first-order valence-electron chi connectivity index (χ1n) is 13.3. The number of benzene rings is 2. The summed E-state index contributed by atoms with van der Waals surface area (Å²) in [6.45, 7) is 2.57. The van der Waals surface area contributed by atoms with Crippen molar-refractivity contribution in [3.05, 3.63) is 75.9 Å². The number of thioether (sulfide) groups is 1. The van der Waals surface area contributed by atoms with E-state index in [1.54, 1.807) is 23.9 Å². The number of carbonyl (C=O) groups excluding carboxylic acids is 2. The monoisotopic (exact) mass is 506 g/mol. The van der Waals surface area contributed by atoms with Gasteiger partial charge in [0.2, 0.25) is 0 Å². The highest BCUT2D eigenvalue weighted by Crippen LogP contribution is 2.42. The molecular weight excluding hydrogens is 471 g/mol. The van der Waals surface area contributed by atoms with Crippen molar-refractivity contribution in [3.63, 3.8) is 0 Å². The van der Waals surface area contributed by atoms with Crippen molar-refractivity contribution < 1.29 is 14.0 Å². The van der Waals surface area contributed by atoms with Crippen molar-refractivity contribution in [1.29, 1.82) is 0 Å². The molecule has 190 valence electrons. The standard InChI is InChI=1S/C30H35FN2O2S/c1-20-10-16-24(17-11-20)32-29(34)22-14-12-21(13-15-22)18-28-30(35)33(19-23-6-2-3-7-25(23)31)26-8-4-5-9-27(26)36-28/h2-3,6-7,12-15,18,20,24,26-27H,4-5,8-11,16-17,19H2,1H3,(H,32,34)/b28-18-. The summed E-state index contributed by atoms with van der Waals surface area (Å²) in [5, 5.41) is 3.51. The number of fused-ring (bicyclic) bond motifs is 1. The van der Waals surface area contributed by atoms with Crippen LogP contribution < -0.4 is 5.32 Å². The molecule has 0 bridgehead atoms. The molecule has 2 aromatic carbocycles. The molecule has 3 fully saturated rings. The molecule has 1 saturated heterocycles. The first-order chi connectivity index (χ1) is 17.5. The zero-order valence-electron chi connectivity index (χ0n) is 20.9. The second-order valence-corrected chi connectivity index (χ2v) is 11.9. The van der Waals surface area contributed by atoms with E-state index in [4.69, 9.17) is 0 Å². The van der Waals surface area contributed by atoms with Gasteiger partial charge >= 0.3 is 0 Å². The van der Waals surface area contributed by atoms with E-state index < -0.39 is 0 Å². The lowest BCUT2D eigenvalue weighted by molar-refractivity contribution is -0.130. The van der Waals surface area contributed by atoms with Gasteiger partial charge < -0.3 is 10.2 Å². The van der Waals surface area contributed by atoms with Gasteiger partial charge in [-0.1, -0.05) is 50.1 Å². The first-order valence-corrected chi connectivity index (χ1v) is 14.2. The molecule has 2 saturated carbocycles. The van der Waals surface area contributed by atoms with Crippen molar-refractivity contribution in [3.8, 4) is 0 Å². The molecule has 0 spiro atoms. The van der Waals surface area contributed by atoms with E-state index in [2.05, 4.69) is 12.2 Å². The number of hydrogen-bond donors (Lipinski definition) is 1. The second kappa shape index (κ2) is 11.2. The van der Waals surface area contributed by atoms with Crippen molar-refractivity contribution in [2.45, 2.75) is 82.2 Å². The fourth-order valence-electron chi connectivity index (χ4n) is 5.73. The van der Waals surface area contributed by atoms with Gasteiger partial charge in [0, 0.05) is 35.0 Å². The maximum absolute atomic E-state index is 14.4. The Bertz CT molecular complexity index is 1120. The number of rotatable bonds is 5. The molecular formula is C30H35FN2O2S. The van der Waals surface area contributed by atoms with Gasteiger partial charge in [-0.15, -0.1) is 11.8 Å². The zero-order chi connectivity index (χ0) is 25.1. The summed E-state index contributed by atoms with van der Waals surface area (Å²) >= 11 is 1.67. The maximum atomic E-state index is 14.4. The summed E-state index contributed by atoms with van der Waals surface area (Å²) in [7, 11) is 0. The average molecular weight is 507 g/mol. The number of halogens is 1. The number of carbonyl (C=O) groups is 2. The Morgan fingerprint density at radius 3 is 2.50 bits per heavy atom. The molecule has 1 N–H and O–H groups in total. The molecule has 6 heteroatoms. The van der Waals surface area contributed by atoms with Crippen molar-refractivity contribution >= 4 is 29.7 Å². The summed E-state index contributed by atoms with van der Waals surface area (Å²) in [5.74, 6) is 0.424. The van der Waals surface area contributed by atoms with Crippen LogP contribution in [0.5, 0.6) is 0 Å². The Morgan fingerprint density at radius 1 is 1.03 bits per heavy atom. The van der Waals surface area contributed by atoms with Crippen LogP contribution in [0.1, 0.15) is 79.8 Å². The average Bonchev–Trinajstić information content (AvgIpc) is 2.89. The molecule has 2 unspecified atom stereocenters. The van der Waals surface area contributed by atoms with E-state index in [1.165, 1.54) is 18.9 Å². The van der Waals surface area contributed by atoms with Gasteiger partial charge in [0.1, 0.15) is 5.82 Å². The normalized spacial score (nSPS) is 27.6. The van der Waals surface area contributed by atoms with E-state index in [1.807, 2.05) is 41.3 Å². The molecule has 2 aliphatic carbocycles. The molecule has 0 aromatic heterocycles. The van der Waals surface area contributed by atoms with Gasteiger partial charge in [0.25, 0.3) is 11.8 Å². The van der Waals surface area contributed by atoms with E-state index >= 15 is 0 Å². The van der Waals surface area contributed by atoms with Crippen molar-refractivity contribution in [2.24, 2.45) is 5.92 Å². The van der Waals surface area contributed by atoms with Crippen LogP contribution in [0.3, 0.4) is 0 Å². The summed E-state index contributed by atoms with van der Waals surface area (Å²) < 4.78 is 14.4. The summed E-state index contributed by atoms with van der Waals surface area (Å²) in [4.78, 5) is 28.9. The topological polar surface area (TPSA) is 49.4 Å². The Morgan fingerprint density at radius 2 is 1.75 bits per heavy atom. The van der Waals surface area contributed by atoms with Crippen LogP contribution >= 0.6 is 11.8 Å². The minimum atomic E-state index is -0.266. The smallest absolute Gasteiger partial charge is 0.260 e. The van der Waals surface area contributed by atoms with E-state index in [9.17, 15) is 14.0 Å². The second-order valence-electron chi connectivity index (χ2n) is 10.6. The fourth-order valence-corrected chi connectivity index (χ4v) is 7.20. The third-order valence-electron chi connectivity index (χ3n) is 7.94. The number of nitrogens with one attached hydrogen (secondary N) is 1. The molecule has 4 nitrogen and oxygen atoms in total. The van der Waals surface area contributed by atoms with E-state index in [0.717, 1.165) is 50.0 Å². The Balaban J connectivity index is 1.31. The highest BCUT2D eigenvalue weighted by Gasteiger charge is 2.40. The van der Waals surface area contributed by atoms with Crippen LogP contribution in [0.4, 0.5) is 4.39 Å². The lowest BCUT2D eigenvalue weighted by atomic mass is 9.87. The van der Waals surface area contributed by atoms with Crippen LogP contribution in [-0.2, 0) is 11.3 Å². The SMILES string of the molecule is CC1CCC(NC(=O)c2ccc(/C=C3\SC4CCCCC4N(Cc4ccccc4F)C3=O)cc2)CC1. The lowest BCUT2D eigenvalue weighted by Crippen LogP contribution is -2.50. The Labute approximate surface area is 217 Å². The lowest BCUT2D eigenvalue weighted by Gasteiger charge is -2.44. The molecule has 0 radical (unpaired) electrons. The Kier molecular flexibility index (Phi) is 7.80. The van der Waals surface area contributed by atoms with E-state index in [0.29, 0.717) is 27.8 Å². The van der Waals surface area contributed by atoms with Gasteiger partial charge in [0.15, 0.2) is 0 Å². The van der Waals surface area contributed by atoms with Crippen LogP contribution in [0.15, 0.2) is 53.4 Å². The maximum Gasteiger partial charge on any atom is 0.260 e. The summed E-state index contributed by atoms with van der Waals surface area (Å²) in [6.07, 6.45) is 10.6. The van der Waals surface area contributed by atoms with Gasteiger partial charge in [-0.3, -0.25) is 9.59 Å². The molecule has 36 heavy (non-hydrogen) atoms. The van der Waals surface area contributed by atoms with Gasteiger partial charge in [-0.2, -0.15) is 0 Å². The number of amides is 2. The van der Waals surface area contributed by atoms with Crippen LogP contribution in [0.25, 0.3) is 6.08 Å². The summed E-state index contributed by atoms with van der Waals surface area (Å²) in [5.41, 5.74) is 2.10. The molecule has 1 heterocycles. The molecule has 5 rings (SSSR count). The summed E-state index contributed by atoms with van der Waals surface area (Å²) in [6, 6.07) is 14.6. The van der Waals surface area contributed by atoms with Crippen LogP contribution in [0, 0.1) is 11.7 Å². The highest BCUT2D eigenvalue weighted by molar-refractivity contribution is 8.04. The molecule has 2 aromatic rings. The van der Waals surface area contributed by atoms with Crippen molar-refractivity contribution in [1.82, 2.24) is 10.2 Å². The minimum Gasteiger partial charge on any atom is -0.349 e. The van der Waals surface area contributed by atoms with Crippen LogP contribution in [-0.4, -0.2) is 34.0 Å². The van der Waals surface area contributed by atoms with Crippen molar-refractivity contribution in [2.75, 3.05) is 0 Å². The van der Waals surface area contributed by atoms with Gasteiger partial charge in [-0.25, -0.2) is 4.39 Å². The number of hydrogen-bond acceptors (Lipinski definition) is 3. The largest absolute Gasteiger partial charge is 0.349 e. The van der Waals surface area contributed by atoms with Gasteiger partial charge in [-0.05, 0) is 74.3 Å². The third-order valence-corrected chi connectivity index (χ3v) is 9.34. The first kappa shape index (κ1) is 25.1. The predicted molar refractivity (Wildman–Crippen MR) is 144 cm³/mol. The fraction of sp³-hybridized carbons (Fsp3) is 0.467. The molecule has 1 aliphatic heterocycles. The molecule has 3 aliphatic rings. The van der Waals surface area contributed by atoms with Crippen LogP contribution in [0.2, 0.25) is 0 Å². The molecule has 2 amide bonds. The Hall–Kier alpha value is -2.60. The minimum absolute atomic E-state index is 0.0280. The third kappa shape index (κ3) is 5.69. The zero-order valence-corrected chi connectivity index (χ0v) is 21.7. The highest BCUT2D eigenvalue weighted by atomic mass is 32.2. The van der Waals surface area contributed by atoms with Gasteiger partial charge in [0.05, 0.1) is 4.91 Å².